The second kappa shape index (κ2) is 9.19. The lowest BCUT2D eigenvalue weighted by Crippen LogP contribution is -2.29. The van der Waals surface area contributed by atoms with E-state index in [-0.39, 0.29) is 16.7 Å². The molecule has 0 spiro atoms. The fourth-order valence-electron chi connectivity index (χ4n) is 3.87. The monoisotopic (exact) mass is 461 g/mol. The van der Waals surface area contributed by atoms with Gasteiger partial charge in [0.25, 0.3) is 11.7 Å². The molecule has 1 aliphatic heterocycles. The molecular formula is C26H20FNO6. The molecule has 0 aliphatic carbocycles. The van der Waals surface area contributed by atoms with Gasteiger partial charge in [0.05, 0.1) is 31.4 Å². The molecule has 0 saturated carbocycles. The normalized spacial score (nSPS) is 17.0. The maximum atomic E-state index is 13.4. The summed E-state index contributed by atoms with van der Waals surface area (Å²) in [4.78, 5) is 39.4. The number of carbonyl (C=O) groups is 3. The molecule has 3 aromatic carbocycles. The number of aliphatic hydroxyl groups excluding tert-OH is 1. The van der Waals surface area contributed by atoms with E-state index in [1.165, 1.54) is 55.5 Å². The van der Waals surface area contributed by atoms with Crippen molar-refractivity contribution >= 4 is 29.1 Å². The van der Waals surface area contributed by atoms with Crippen LogP contribution in [0.1, 0.15) is 27.5 Å². The summed E-state index contributed by atoms with van der Waals surface area (Å²) >= 11 is 0. The summed E-state index contributed by atoms with van der Waals surface area (Å²) in [5.41, 5.74) is 1.15. The Morgan fingerprint density at radius 1 is 0.941 bits per heavy atom. The summed E-state index contributed by atoms with van der Waals surface area (Å²) in [6, 6.07) is 16.7. The number of methoxy groups -OCH3 is 2. The van der Waals surface area contributed by atoms with Crippen LogP contribution in [0.5, 0.6) is 5.75 Å². The van der Waals surface area contributed by atoms with Crippen LogP contribution in [-0.4, -0.2) is 37.0 Å². The molecule has 1 fully saturated rings. The van der Waals surface area contributed by atoms with Gasteiger partial charge in [0.15, 0.2) is 0 Å². The van der Waals surface area contributed by atoms with Crippen molar-refractivity contribution in [3.05, 3.63) is 101 Å². The molecule has 1 heterocycles. The highest BCUT2D eigenvalue weighted by molar-refractivity contribution is 6.51. The first-order valence-electron chi connectivity index (χ1n) is 10.2. The Morgan fingerprint density at radius 2 is 1.59 bits per heavy atom. The molecule has 172 valence electrons. The van der Waals surface area contributed by atoms with Crippen molar-refractivity contribution in [2.45, 2.75) is 6.04 Å². The number of anilines is 1. The van der Waals surface area contributed by atoms with Crippen LogP contribution in [0.4, 0.5) is 10.1 Å². The van der Waals surface area contributed by atoms with Crippen LogP contribution in [0.25, 0.3) is 5.76 Å². The van der Waals surface area contributed by atoms with Crippen LogP contribution < -0.4 is 9.64 Å². The first-order chi connectivity index (χ1) is 16.3. The van der Waals surface area contributed by atoms with Crippen LogP contribution in [-0.2, 0) is 14.3 Å². The molecule has 8 heteroatoms. The predicted molar refractivity (Wildman–Crippen MR) is 122 cm³/mol. The van der Waals surface area contributed by atoms with Gasteiger partial charge in [-0.15, -0.1) is 0 Å². The zero-order valence-electron chi connectivity index (χ0n) is 18.3. The molecule has 1 atom stereocenters. The van der Waals surface area contributed by atoms with Crippen LogP contribution in [0.3, 0.4) is 0 Å². The highest BCUT2D eigenvalue weighted by atomic mass is 19.1. The van der Waals surface area contributed by atoms with E-state index in [1.54, 1.807) is 24.3 Å². The van der Waals surface area contributed by atoms with E-state index in [9.17, 15) is 23.9 Å². The van der Waals surface area contributed by atoms with Crippen molar-refractivity contribution < 1.29 is 33.4 Å². The molecule has 1 aliphatic rings. The quantitative estimate of drug-likeness (QED) is 0.264. The van der Waals surface area contributed by atoms with Gasteiger partial charge in [-0.2, -0.15) is 0 Å². The van der Waals surface area contributed by atoms with Crippen molar-refractivity contribution in [1.82, 2.24) is 0 Å². The number of carbonyl (C=O) groups excluding carboxylic acids is 3. The number of rotatable bonds is 5. The molecule has 7 nitrogen and oxygen atoms in total. The average molecular weight is 461 g/mol. The number of Topliss-reactive ketones (excluding diaryl/α,β-unsaturated/α-hetero) is 1. The van der Waals surface area contributed by atoms with Crippen LogP contribution >= 0.6 is 0 Å². The third-order valence-electron chi connectivity index (χ3n) is 5.54. The number of ether oxygens (including phenoxy) is 2. The van der Waals surface area contributed by atoms with Crippen molar-refractivity contribution in [3.8, 4) is 5.75 Å². The Kier molecular flexibility index (Phi) is 6.14. The van der Waals surface area contributed by atoms with Crippen molar-refractivity contribution in [3.63, 3.8) is 0 Å². The maximum absolute atomic E-state index is 13.4. The molecule has 3 aromatic rings. The van der Waals surface area contributed by atoms with E-state index in [0.29, 0.717) is 17.0 Å². The van der Waals surface area contributed by atoms with Gasteiger partial charge in [0.2, 0.25) is 0 Å². The minimum atomic E-state index is -0.996. The largest absolute Gasteiger partial charge is 0.507 e. The Hall–Kier alpha value is -4.46. The number of halogens is 1. The molecule has 0 radical (unpaired) electrons. The lowest BCUT2D eigenvalue weighted by atomic mass is 9.95. The summed E-state index contributed by atoms with van der Waals surface area (Å²) in [6.07, 6.45) is 0. The number of nitrogens with zero attached hydrogens (tertiary/aromatic N) is 1. The second-order valence-electron chi connectivity index (χ2n) is 7.49. The molecule has 0 bridgehead atoms. The van der Waals surface area contributed by atoms with Crippen molar-refractivity contribution in [2.75, 3.05) is 19.1 Å². The standard InChI is InChI=1S/C26H20FNO6/c1-33-20-5-3-4-17(14-20)22-21(23(29)15-6-10-18(27)11-7-15)24(30)25(31)28(22)19-12-8-16(9-13-19)26(32)34-2/h3-14,22,29H,1-2H3/b23-21+. The third kappa shape index (κ3) is 4.01. The highest BCUT2D eigenvalue weighted by Crippen LogP contribution is 2.42. The molecular weight excluding hydrogens is 441 g/mol. The summed E-state index contributed by atoms with van der Waals surface area (Å²) in [5, 5.41) is 11.0. The minimum Gasteiger partial charge on any atom is -0.507 e. The number of ketones is 1. The lowest BCUT2D eigenvalue weighted by Gasteiger charge is -2.26. The van der Waals surface area contributed by atoms with E-state index >= 15 is 0 Å². The van der Waals surface area contributed by atoms with Gasteiger partial charge in [0, 0.05) is 11.3 Å². The minimum absolute atomic E-state index is 0.151. The van der Waals surface area contributed by atoms with Gasteiger partial charge >= 0.3 is 5.97 Å². The number of hydrogen-bond acceptors (Lipinski definition) is 6. The van der Waals surface area contributed by atoms with E-state index in [1.807, 2.05) is 0 Å². The molecule has 1 unspecified atom stereocenters. The Labute approximate surface area is 194 Å². The van der Waals surface area contributed by atoms with Gasteiger partial charge in [-0.3, -0.25) is 14.5 Å². The Balaban J connectivity index is 1.90. The smallest absolute Gasteiger partial charge is 0.337 e. The van der Waals surface area contributed by atoms with E-state index in [4.69, 9.17) is 9.47 Å². The summed E-state index contributed by atoms with van der Waals surface area (Å²) in [5.74, 6) is -2.75. The Morgan fingerprint density at radius 3 is 2.21 bits per heavy atom. The molecule has 4 rings (SSSR count). The summed E-state index contributed by atoms with van der Waals surface area (Å²) < 4.78 is 23.4. The molecule has 1 N–H and O–H groups in total. The maximum Gasteiger partial charge on any atom is 0.337 e. The molecule has 34 heavy (non-hydrogen) atoms. The SMILES string of the molecule is COC(=O)c1ccc(N2C(=O)C(=O)/C(=C(/O)c3ccc(F)cc3)C2c2cccc(OC)c2)cc1. The lowest BCUT2D eigenvalue weighted by molar-refractivity contribution is -0.132. The second-order valence-corrected chi connectivity index (χ2v) is 7.49. The molecule has 1 amide bonds. The van der Waals surface area contributed by atoms with E-state index < -0.39 is 35.3 Å². The van der Waals surface area contributed by atoms with E-state index in [0.717, 1.165) is 12.1 Å². The van der Waals surface area contributed by atoms with Gasteiger partial charge in [0.1, 0.15) is 17.3 Å². The number of amides is 1. The number of aliphatic hydroxyl groups is 1. The molecule has 0 aromatic heterocycles. The van der Waals surface area contributed by atoms with Crippen LogP contribution in [0.2, 0.25) is 0 Å². The fraction of sp³-hybridized carbons (Fsp3) is 0.115. The van der Waals surface area contributed by atoms with Gasteiger partial charge < -0.3 is 14.6 Å². The topological polar surface area (TPSA) is 93.1 Å². The summed E-state index contributed by atoms with van der Waals surface area (Å²) in [7, 11) is 2.74. The average Bonchev–Trinajstić information content (AvgIpc) is 3.14. The van der Waals surface area contributed by atoms with Gasteiger partial charge in [-0.05, 0) is 66.2 Å². The predicted octanol–water partition coefficient (Wildman–Crippen LogP) is 4.25. The van der Waals surface area contributed by atoms with Gasteiger partial charge in [-0.25, -0.2) is 9.18 Å². The fourth-order valence-corrected chi connectivity index (χ4v) is 3.87. The van der Waals surface area contributed by atoms with Crippen molar-refractivity contribution in [2.24, 2.45) is 0 Å². The number of esters is 1. The van der Waals surface area contributed by atoms with Gasteiger partial charge in [-0.1, -0.05) is 12.1 Å². The number of benzene rings is 3. The van der Waals surface area contributed by atoms with Crippen LogP contribution in [0, 0.1) is 5.82 Å². The third-order valence-corrected chi connectivity index (χ3v) is 5.54. The Bertz CT molecular complexity index is 1300. The zero-order valence-corrected chi connectivity index (χ0v) is 18.3. The van der Waals surface area contributed by atoms with E-state index in [2.05, 4.69) is 0 Å². The highest BCUT2D eigenvalue weighted by Gasteiger charge is 2.47. The zero-order chi connectivity index (χ0) is 24.4. The first-order valence-corrected chi connectivity index (χ1v) is 10.2. The first kappa shape index (κ1) is 22.7. The number of hydrogen-bond donors (Lipinski definition) is 1. The summed E-state index contributed by atoms with van der Waals surface area (Å²) in [6.45, 7) is 0. The van der Waals surface area contributed by atoms with Crippen molar-refractivity contribution in [1.29, 1.82) is 0 Å². The van der Waals surface area contributed by atoms with Crippen LogP contribution in [0.15, 0.2) is 78.4 Å². The molecule has 1 saturated heterocycles.